The first kappa shape index (κ1) is 22.9. The first-order valence-electron chi connectivity index (χ1n) is 11.4. The van der Waals surface area contributed by atoms with E-state index in [1.807, 2.05) is 34.9 Å². The normalized spacial score (nSPS) is 13.5. The highest BCUT2D eigenvalue weighted by Gasteiger charge is 2.28. The van der Waals surface area contributed by atoms with Crippen molar-refractivity contribution in [1.82, 2.24) is 9.47 Å². The zero-order valence-electron chi connectivity index (χ0n) is 19.2. The molecular weight excluding hydrogens is 462 g/mol. The first-order valence-corrected chi connectivity index (χ1v) is 12.9. The van der Waals surface area contributed by atoms with Gasteiger partial charge in [-0.3, -0.25) is 14.3 Å². The van der Waals surface area contributed by atoms with Crippen molar-refractivity contribution in [3.05, 3.63) is 106 Å². The number of sulfonamides is 1. The lowest BCUT2D eigenvalue weighted by Gasteiger charge is -2.19. The number of nitrogens with one attached hydrogen (secondary N) is 1. The number of rotatable bonds is 7. The second kappa shape index (κ2) is 9.03. The number of aromatic nitrogens is 1. The van der Waals surface area contributed by atoms with Crippen molar-refractivity contribution in [1.29, 1.82) is 0 Å². The van der Waals surface area contributed by atoms with E-state index in [9.17, 15) is 18.0 Å². The van der Waals surface area contributed by atoms with Crippen molar-refractivity contribution in [3.8, 4) is 0 Å². The third kappa shape index (κ3) is 4.70. The van der Waals surface area contributed by atoms with Crippen LogP contribution in [-0.2, 0) is 16.6 Å². The van der Waals surface area contributed by atoms with Crippen LogP contribution >= 0.6 is 0 Å². The van der Waals surface area contributed by atoms with Crippen molar-refractivity contribution >= 4 is 32.5 Å². The molecule has 3 aromatic carbocycles. The van der Waals surface area contributed by atoms with Gasteiger partial charge in [0, 0.05) is 36.9 Å². The highest BCUT2D eigenvalue weighted by atomic mass is 32.2. The minimum absolute atomic E-state index is 0.0749. The number of carbonyl (C=O) groups is 1. The molecule has 1 fully saturated rings. The summed E-state index contributed by atoms with van der Waals surface area (Å²) in [5.41, 5.74) is 1.57. The Kier molecular flexibility index (Phi) is 5.90. The Balaban J connectivity index is 1.54. The molecule has 0 unspecified atom stereocenters. The molecule has 1 aromatic heterocycles. The predicted octanol–water partition coefficient (Wildman–Crippen LogP) is 4.41. The van der Waals surface area contributed by atoms with Gasteiger partial charge in [0.25, 0.3) is 15.9 Å². The van der Waals surface area contributed by atoms with Crippen LogP contribution in [0.1, 0.15) is 34.8 Å². The van der Waals surface area contributed by atoms with E-state index < -0.39 is 15.5 Å². The van der Waals surface area contributed by atoms with Crippen LogP contribution < -0.4 is 10.2 Å². The SMILES string of the molecule is CN(Cc1ccccc1)C(=O)c1cn(C2CC2)c2ccc(NS(=O)(=O)c3ccccc3)cc2c1=O. The van der Waals surface area contributed by atoms with Crippen LogP contribution in [0.4, 0.5) is 5.69 Å². The van der Waals surface area contributed by atoms with Crippen LogP contribution in [0.25, 0.3) is 10.9 Å². The number of amides is 1. The van der Waals surface area contributed by atoms with Gasteiger partial charge in [0.1, 0.15) is 5.56 Å². The van der Waals surface area contributed by atoms with Crippen molar-refractivity contribution in [3.63, 3.8) is 0 Å². The summed E-state index contributed by atoms with van der Waals surface area (Å²) in [7, 11) is -2.15. The predicted molar refractivity (Wildman–Crippen MR) is 136 cm³/mol. The second-order valence-electron chi connectivity index (χ2n) is 8.81. The molecule has 1 aliphatic carbocycles. The molecule has 7 nitrogen and oxygen atoms in total. The monoisotopic (exact) mass is 487 g/mol. The highest BCUT2D eigenvalue weighted by molar-refractivity contribution is 7.92. The largest absolute Gasteiger partial charge is 0.343 e. The van der Waals surface area contributed by atoms with Crippen LogP contribution in [0.3, 0.4) is 0 Å². The van der Waals surface area contributed by atoms with Gasteiger partial charge in [-0.05, 0) is 48.7 Å². The van der Waals surface area contributed by atoms with Gasteiger partial charge in [0.2, 0.25) is 5.43 Å². The Morgan fingerprint density at radius 3 is 2.31 bits per heavy atom. The van der Waals surface area contributed by atoms with Crippen molar-refractivity contribution in [2.45, 2.75) is 30.3 Å². The average Bonchev–Trinajstić information content (AvgIpc) is 3.70. The molecule has 0 bridgehead atoms. The molecule has 1 aliphatic rings. The average molecular weight is 488 g/mol. The van der Waals surface area contributed by atoms with Crippen LogP contribution in [0.2, 0.25) is 0 Å². The molecule has 0 atom stereocenters. The molecule has 8 heteroatoms. The number of hydrogen-bond donors (Lipinski definition) is 1. The van der Waals surface area contributed by atoms with Gasteiger partial charge in [-0.2, -0.15) is 0 Å². The summed E-state index contributed by atoms with van der Waals surface area (Å²) < 4.78 is 30.1. The summed E-state index contributed by atoms with van der Waals surface area (Å²) >= 11 is 0. The zero-order valence-corrected chi connectivity index (χ0v) is 20.0. The van der Waals surface area contributed by atoms with Crippen LogP contribution in [0.15, 0.2) is 94.7 Å². The maximum absolute atomic E-state index is 13.5. The van der Waals surface area contributed by atoms with E-state index in [1.165, 1.54) is 23.1 Å². The molecule has 35 heavy (non-hydrogen) atoms. The first-order chi connectivity index (χ1) is 16.8. The number of anilines is 1. The molecule has 0 saturated heterocycles. The Morgan fingerprint density at radius 1 is 1.00 bits per heavy atom. The molecular formula is C27H25N3O4S. The van der Waals surface area contributed by atoms with Crippen molar-refractivity contribution in [2.75, 3.05) is 11.8 Å². The second-order valence-corrected chi connectivity index (χ2v) is 10.5. The van der Waals surface area contributed by atoms with Gasteiger partial charge >= 0.3 is 0 Å². The fourth-order valence-electron chi connectivity index (χ4n) is 4.17. The van der Waals surface area contributed by atoms with Crippen LogP contribution in [0, 0.1) is 0 Å². The van der Waals surface area contributed by atoms with Crippen molar-refractivity contribution < 1.29 is 13.2 Å². The Hall–Kier alpha value is -3.91. The smallest absolute Gasteiger partial charge is 0.261 e. The number of carbonyl (C=O) groups excluding carboxylic acids is 1. The standard InChI is InChI=1S/C27H25N3O4S/c1-29(17-19-8-4-2-5-9-19)27(32)24-18-30(21-13-14-21)25-15-12-20(16-23(25)26(24)31)28-35(33,34)22-10-6-3-7-11-22/h2-12,15-16,18,21,28H,13-14,17H2,1H3. The van der Waals surface area contributed by atoms with Gasteiger partial charge in [0.15, 0.2) is 0 Å². The molecule has 178 valence electrons. The van der Waals surface area contributed by atoms with E-state index in [-0.39, 0.29) is 28.1 Å². The third-order valence-electron chi connectivity index (χ3n) is 6.12. The number of fused-ring (bicyclic) bond motifs is 1. The molecule has 5 rings (SSSR count). The summed E-state index contributed by atoms with van der Waals surface area (Å²) in [5, 5.41) is 0.309. The quantitative estimate of drug-likeness (QED) is 0.418. The lowest BCUT2D eigenvalue weighted by atomic mass is 10.1. The van der Waals surface area contributed by atoms with E-state index in [4.69, 9.17) is 0 Å². The van der Waals surface area contributed by atoms with Gasteiger partial charge in [-0.1, -0.05) is 48.5 Å². The molecule has 1 N–H and O–H groups in total. The molecule has 1 saturated carbocycles. The van der Waals surface area contributed by atoms with Gasteiger partial charge in [-0.15, -0.1) is 0 Å². The fourth-order valence-corrected chi connectivity index (χ4v) is 5.25. The summed E-state index contributed by atoms with van der Waals surface area (Å²) in [5.74, 6) is -0.370. The van der Waals surface area contributed by atoms with Crippen molar-refractivity contribution in [2.24, 2.45) is 0 Å². The zero-order chi connectivity index (χ0) is 24.6. The highest BCUT2D eigenvalue weighted by Crippen LogP contribution is 2.37. The topological polar surface area (TPSA) is 88.5 Å². The number of nitrogens with zero attached hydrogens (tertiary/aromatic N) is 2. The molecule has 1 amide bonds. The Morgan fingerprint density at radius 2 is 1.66 bits per heavy atom. The van der Waals surface area contributed by atoms with Gasteiger partial charge in [-0.25, -0.2) is 8.42 Å². The number of pyridine rings is 1. The molecule has 0 aliphatic heterocycles. The lowest BCUT2D eigenvalue weighted by Crippen LogP contribution is -2.31. The Bertz CT molecular complexity index is 1560. The van der Waals surface area contributed by atoms with E-state index >= 15 is 0 Å². The Labute approximate surface area is 203 Å². The third-order valence-corrected chi connectivity index (χ3v) is 7.52. The molecule has 0 spiro atoms. The van der Waals surface area contributed by atoms with Crippen LogP contribution in [-0.4, -0.2) is 30.8 Å². The van der Waals surface area contributed by atoms with Gasteiger partial charge in [0.05, 0.1) is 10.4 Å². The minimum atomic E-state index is -3.82. The minimum Gasteiger partial charge on any atom is -0.343 e. The maximum Gasteiger partial charge on any atom is 0.261 e. The summed E-state index contributed by atoms with van der Waals surface area (Å²) in [4.78, 5) is 28.4. The fraction of sp³-hybridized carbons (Fsp3) is 0.185. The number of hydrogen-bond acceptors (Lipinski definition) is 4. The summed E-state index contributed by atoms with van der Waals surface area (Å²) in [6.07, 6.45) is 3.58. The molecule has 1 heterocycles. The van der Waals surface area contributed by atoms with E-state index in [0.29, 0.717) is 17.4 Å². The van der Waals surface area contributed by atoms with E-state index in [2.05, 4.69) is 4.72 Å². The summed E-state index contributed by atoms with van der Waals surface area (Å²) in [6, 6.07) is 22.7. The van der Waals surface area contributed by atoms with Crippen LogP contribution in [0.5, 0.6) is 0 Å². The van der Waals surface area contributed by atoms with E-state index in [1.54, 1.807) is 43.6 Å². The lowest BCUT2D eigenvalue weighted by molar-refractivity contribution is 0.0783. The molecule has 4 aromatic rings. The molecule has 0 radical (unpaired) electrons. The maximum atomic E-state index is 13.5. The summed E-state index contributed by atoms with van der Waals surface area (Å²) in [6.45, 7) is 0.373. The van der Waals surface area contributed by atoms with E-state index in [0.717, 1.165) is 18.4 Å². The van der Waals surface area contributed by atoms with Gasteiger partial charge < -0.3 is 9.47 Å². The number of benzene rings is 3.